The summed E-state index contributed by atoms with van der Waals surface area (Å²) in [5, 5.41) is 7.40. The molecule has 11 nitrogen and oxygen atoms in total. The topological polar surface area (TPSA) is 102 Å². The lowest BCUT2D eigenvalue weighted by atomic mass is 9.84. The molecule has 0 atom stereocenters. The minimum absolute atomic E-state index is 0.0614. The zero-order valence-corrected chi connectivity index (χ0v) is 28.2. The largest absolute Gasteiger partial charge is 0.416 e. The Hall–Kier alpha value is -5.16. The second kappa shape index (κ2) is 14.0. The van der Waals surface area contributed by atoms with Gasteiger partial charge < -0.3 is 15.1 Å². The van der Waals surface area contributed by atoms with Crippen LogP contribution in [0.2, 0.25) is 0 Å². The first-order chi connectivity index (χ1) is 23.9. The van der Waals surface area contributed by atoms with E-state index in [9.17, 15) is 27.6 Å². The first kappa shape index (κ1) is 34.7. The van der Waals surface area contributed by atoms with E-state index in [0.29, 0.717) is 48.8 Å². The third-order valence-corrected chi connectivity index (χ3v) is 9.94. The van der Waals surface area contributed by atoms with Crippen molar-refractivity contribution in [3.05, 3.63) is 93.7 Å². The highest BCUT2D eigenvalue weighted by Gasteiger charge is 2.35. The number of hydrogen-bond donors (Lipinski definition) is 1. The Morgan fingerprint density at radius 1 is 0.960 bits per heavy atom. The van der Waals surface area contributed by atoms with Gasteiger partial charge in [0, 0.05) is 38.1 Å². The number of halogens is 3. The summed E-state index contributed by atoms with van der Waals surface area (Å²) < 4.78 is 45.0. The van der Waals surface area contributed by atoms with Crippen molar-refractivity contribution in [1.29, 1.82) is 0 Å². The Balaban J connectivity index is 1.29. The highest BCUT2D eigenvalue weighted by molar-refractivity contribution is 6.00. The molecule has 1 aliphatic carbocycles. The predicted octanol–water partition coefficient (Wildman–Crippen LogP) is 5.44. The van der Waals surface area contributed by atoms with Crippen LogP contribution in [0.25, 0.3) is 27.6 Å². The Morgan fingerprint density at radius 2 is 1.64 bits per heavy atom. The van der Waals surface area contributed by atoms with Crippen LogP contribution in [0.15, 0.2) is 65.6 Å². The van der Waals surface area contributed by atoms with E-state index >= 15 is 0 Å². The number of alkyl halides is 3. The van der Waals surface area contributed by atoms with Crippen LogP contribution in [0.3, 0.4) is 0 Å². The minimum atomic E-state index is -4.65. The van der Waals surface area contributed by atoms with Gasteiger partial charge in [-0.1, -0.05) is 18.2 Å². The number of carbonyl (C=O) groups is 2. The van der Waals surface area contributed by atoms with Crippen molar-refractivity contribution in [1.82, 2.24) is 34.3 Å². The van der Waals surface area contributed by atoms with Crippen molar-refractivity contribution >= 4 is 17.5 Å². The summed E-state index contributed by atoms with van der Waals surface area (Å²) in [5.74, 6) is -0.643. The molecule has 2 amide bonds. The lowest BCUT2D eigenvalue weighted by molar-refractivity contribution is -0.138. The number of benzene rings is 2. The molecule has 2 fully saturated rings. The number of amides is 2. The van der Waals surface area contributed by atoms with Crippen LogP contribution >= 0.6 is 0 Å². The van der Waals surface area contributed by atoms with Crippen LogP contribution in [0.1, 0.15) is 54.4 Å². The first-order valence-corrected chi connectivity index (χ1v) is 16.7. The van der Waals surface area contributed by atoms with Crippen molar-refractivity contribution in [3.63, 3.8) is 0 Å². The van der Waals surface area contributed by atoms with E-state index in [-0.39, 0.29) is 34.8 Å². The normalized spacial score (nSPS) is 18.6. The molecule has 1 aliphatic heterocycles. The zero-order chi connectivity index (χ0) is 35.7. The summed E-state index contributed by atoms with van der Waals surface area (Å²) in [7, 11) is 5.62. The monoisotopic (exact) mass is 688 g/mol. The van der Waals surface area contributed by atoms with E-state index in [1.54, 1.807) is 30.3 Å². The lowest BCUT2D eigenvalue weighted by Crippen LogP contribution is -2.48. The average Bonchev–Trinajstić information content (AvgIpc) is 3.69. The summed E-state index contributed by atoms with van der Waals surface area (Å²) in [6.07, 6.45) is 1.01. The first-order valence-electron chi connectivity index (χ1n) is 16.7. The van der Waals surface area contributed by atoms with E-state index in [2.05, 4.69) is 34.3 Å². The molecule has 2 aromatic heterocycles. The summed E-state index contributed by atoms with van der Waals surface area (Å²) >= 11 is 0. The molecule has 50 heavy (non-hydrogen) atoms. The third kappa shape index (κ3) is 6.82. The van der Waals surface area contributed by atoms with Gasteiger partial charge in [0.2, 0.25) is 5.91 Å². The molecule has 4 aromatic rings. The molecule has 0 radical (unpaired) electrons. The standard InChI is InChI=1S/C36H39F3N8O3/c1-40-25-12-14-28(15-13-25)46-30(16-19-41-46)32-31(35(50)47(44(32)4)29-7-5-6-24(22-29)36(37,38)39)33(48)42-26-10-8-23(9-11-26)34(49)45-20-17-27(18-21-45)43(2)3/h5-7,12-16,19,22-23,26-27H,8-11,17-18,20-21H2,2-4H3,(H,42,48). The number of hydrogen-bond acceptors (Lipinski definition) is 5. The fourth-order valence-corrected chi connectivity index (χ4v) is 7.17. The van der Waals surface area contributed by atoms with Crippen molar-refractivity contribution < 1.29 is 22.8 Å². The highest BCUT2D eigenvalue weighted by Crippen LogP contribution is 2.32. The zero-order valence-electron chi connectivity index (χ0n) is 28.2. The number of piperidine rings is 1. The number of nitrogens with zero attached hydrogens (tertiary/aromatic N) is 7. The molecule has 0 spiro atoms. The van der Waals surface area contributed by atoms with Gasteiger partial charge in [-0.2, -0.15) is 18.3 Å². The van der Waals surface area contributed by atoms with Crippen LogP contribution in [-0.2, 0) is 18.0 Å². The van der Waals surface area contributed by atoms with E-state index in [1.807, 2.05) is 4.90 Å². The van der Waals surface area contributed by atoms with Gasteiger partial charge >= 0.3 is 6.18 Å². The minimum Gasteiger partial charge on any atom is -0.349 e. The van der Waals surface area contributed by atoms with Crippen molar-refractivity contribution in [2.75, 3.05) is 27.2 Å². The van der Waals surface area contributed by atoms with E-state index < -0.39 is 23.2 Å². The van der Waals surface area contributed by atoms with E-state index in [1.165, 1.54) is 34.7 Å². The molecule has 14 heteroatoms. The molecule has 1 N–H and O–H groups in total. The van der Waals surface area contributed by atoms with Crippen molar-refractivity contribution in [2.45, 2.75) is 56.8 Å². The Morgan fingerprint density at radius 3 is 2.26 bits per heavy atom. The number of likely N-dealkylation sites (tertiary alicyclic amines) is 1. The Bertz CT molecular complexity index is 1970. The number of rotatable bonds is 7. The molecule has 3 heterocycles. The summed E-state index contributed by atoms with van der Waals surface area (Å²) in [5.41, 5.74) is -0.563. The fraction of sp³-hybridized carbons (Fsp3) is 0.417. The molecule has 0 unspecified atom stereocenters. The SMILES string of the molecule is [C-]#[N+]c1ccc(-n2nccc2-c2c(C(=O)NC3CCC(C(=O)N4CCC(N(C)C)CC4)CC3)c(=O)n(-c3cccc(C(F)(F)F)c3)n2C)cc1. The maximum Gasteiger partial charge on any atom is 0.416 e. The van der Waals surface area contributed by atoms with Gasteiger partial charge in [-0.05, 0) is 89.0 Å². The maximum atomic E-state index is 14.1. The molecular formula is C36H39F3N8O3. The second-order valence-corrected chi connectivity index (χ2v) is 13.2. The van der Waals surface area contributed by atoms with Gasteiger partial charge in [-0.3, -0.25) is 19.1 Å². The number of nitrogens with one attached hydrogen (secondary N) is 1. The number of carbonyl (C=O) groups excluding carboxylic acids is 2. The van der Waals surface area contributed by atoms with Gasteiger partial charge in [0.05, 0.1) is 35.4 Å². The summed E-state index contributed by atoms with van der Waals surface area (Å²) in [4.78, 5) is 49.1. The van der Waals surface area contributed by atoms with Gasteiger partial charge in [-0.25, -0.2) is 14.2 Å². The van der Waals surface area contributed by atoms with Crippen molar-refractivity contribution in [2.24, 2.45) is 13.0 Å². The lowest BCUT2D eigenvalue weighted by Gasteiger charge is -2.38. The Kier molecular flexibility index (Phi) is 9.71. The van der Waals surface area contributed by atoms with Crippen LogP contribution in [0.5, 0.6) is 0 Å². The van der Waals surface area contributed by atoms with Crippen LogP contribution in [-0.4, -0.2) is 80.0 Å². The highest BCUT2D eigenvalue weighted by atomic mass is 19.4. The molecular weight excluding hydrogens is 649 g/mol. The van der Waals surface area contributed by atoms with Gasteiger partial charge in [0.15, 0.2) is 5.69 Å². The maximum absolute atomic E-state index is 14.1. The molecule has 1 saturated carbocycles. The van der Waals surface area contributed by atoms with Crippen molar-refractivity contribution in [3.8, 4) is 22.8 Å². The van der Waals surface area contributed by atoms with E-state index in [4.69, 9.17) is 6.57 Å². The van der Waals surface area contributed by atoms with Crippen LogP contribution in [0.4, 0.5) is 18.9 Å². The summed E-state index contributed by atoms with van der Waals surface area (Å²) in [6, 6.07) is 12.7. The number of aromatic nitrogens is 4. The quantitative estimate of drug-likeness (QED) is 0.261. The smallest absolute Gasteiger partial charge is 0.349 e. The van der Waals surface area contributed by atoms with Gasteiger partial charge in [0.1, 0.15) is 11.3 Å². The third-order valence-electron chi connectivity index (χ3n) is 9.94. The Labute approximate surface area is 287 Å². The average molecular weight is 689 g/mol. The van der Waals surface area contributed by atoms with Gasteiger partial charge in [-0.15, -0.1) is 0 Å². The predicted molar refractivity (Wildman–Crippen MR) is 181 cm³/mol. The molecule has 2 aliphatic rings. The van der Waals surface area contributed by atoms with Crippen LogP contribution < -0.4 is 10.9 Å². The molecule has 2 aromatic carbocycles. The van der Waals surface area contributed by atoms with E-state index in [0.717, 1.165) is 42.7 Å². The van der Waals surface area contributed by atoms with Crippen LogP contribution in [0, 0.1) is 12.5 Å². The molecule has 262 valence electrons. The summed E-state index contributed by atoms with van der Waals surface area (Å²) in [6.45, 7) is 8.72. The van der Waals surface area contributed by atoms with Gasteiger partial charge in [0.25, 0.3) is 11.5 Å². The second-order valence-electron chi connectivity index (χ2n) is 13.2. The molecule has 6 rings (SSSR count). The fourth-order valence-electron chi connectivity index (χ4n) is 7.17. The molecule has 0 bridgehead atoms. The molecule has 1 saturated heterocycles.